The van der Waals surface area contributed by atoms with Gasteiger partial charge in [-0.05, 0) is 56.1 Å². The van der Waals surface area contributed by atoms with Crippen molar-refractivity contribution in [2.45, 2.75) is 58.0 Å². The molecule has 0 amide bonds. The summed E-state index contributed by atoms with van der Waals surface area (Å²) in [6.07, 6.45) is 6.71. The maximum atomic E-state index is 3.89. The Morgan fingerprint density at radius 3 is 2.82 bits per heavy atom. The second-order valence-electron chi connectivity index (χ2n) is 6.08. The molecule has 1 heteroatoms. The molecule has 0 radical (unpaired) electrons. The SMILES string of the molecule is Cc1ccc2c(c1)C(NC1CCC(C)C1)CC2. The average molecular weight is 229 g/mol. The fraction of sp³-hybridized carbons (Fsp3) is 0.625. The van der Waals surface area contributed by atoms with Gasteiger partial charge < -0.3 is 5.32 Å². The van der Waals surface area contributed by atoms with Crippen molar-refractivity contribution in [1.29, 1.82) is 0 Å². The molecule has 3 atom stereocenters. The highest BCUT2D eigenvalue weighted by Gasteiger charge is 2.28. The molecule has 1 saturated carbocycles. The zero-order valence-corrected chi connectivity index (χ0v) is 11.0. The Morgan fingerprint density at radius 1 is 1.18 bits per heavy atom. The van der Waals surface area contributed by atoms with Crippen molar-refractivity contribution in [2.75, 3.05) is 0 Å². The van der Waals surface area contributed by atoms with Gasteiger partial charge in [0.25, 0.3) is 0 Å². The van der Waals surface area contributed by atoms with Crippen LogP contribution in [0.5, 0.6) is 0 Å². The van der Waals surface area contributed by atoms with Gasteiger partial charge in [-0.1, -0.05) is 30.7 Å². The van der Waals surface area contributed by atoms with E-state index in [0.717, 1.165) is 12.0 Å². The lowest BCUT2D eigenvalue weighted by Gasteiger charge is -2.20. The lowest BCUT2D eigenvalue weighted by molar-refractivity contribution is 0.428. The number of aryl methyl sites for hydroxylation is 2. The minimum Gasteiger partial charge on any atom is -0.307 e. The topological polar surface area (TPSA) is 12.0 Å². The van der Waals surface area contributed by atoms with Crippen LogP contribution in [0.25, 0.3) is 0 Å². The third-order valence-corrected chi connectivity index (χ3v) is 4.51. The minimum absolute atomic E-state index is 0.625. The molecule has 1 N–H and O–H groups in total. The predicted octanol–water partition coefficient (Wildman–Crippen LogP) is 3.76. The van der Waals surface area contributed by atoms with Crippen LogP contribution in [-0.4, -0.2) is 6.04 Å². The Balaban J connectivity index is 1.73. The molecule has 3 rings (SSSR count). The monoisotopic (exact) mass is 229 g/mol. The van der Waals surface area contributed by atoms with Crippen LogP contribution >= 0.6 is 0 Å². The molecule has 0 spiro atoms. The average Bonchev–Trinajstić information content (AvgIpc) is 2.87. The molecule has 0 aliphatic heterocycles. The zero-order valence-electron chi connectivity index (χ0n) is 11.0. The summed E-state index contributed by atoms with van der Waals surface area (Å²) in [4.78, 5) is 0. The highest BCUT2D eigenvalue weighted by atomic mass is 15.0. The van der Waals surface area contributed by atoms with Crippen molar-refractivity contribution in [1.82, 2.24) is 5.32 Å². The Bertz CT molecular complexity index is 410. The summed E-state index contributed by atoms with van der Waals surface area (Å²) in [6, 6.07) is 8.35. The molecule has 17 heavy (non-hydrogen) atoms. The molecular weight excluding hydrogens is 206 g/mol. The molecule has 2 aliphatic carbocycles. The number of hydrogen-bond donors (Lipinski definition) is 1. The molecule has 0 aromatic heterocycles. The molecule has 0 heterocycles. The number of fused-ring (bicyclic) bond motifs is 1. The third-order valence-electron chi connectivity index (χ3n) is 4.51. The summed E-state index contributed by atoms with van der Waals surface area (Å²) in [5.74, 6) is 0.922. The summed E-state index contributed by atoms with van der Waals surface area (Å²) in [5.41, 5.74) is 4.54. The van der Waals surface area contributed by atoms with Crippen LogP contribution in [0.1, 0.15) is 55.3 Å². The molecule has 92 valence electrons. The smallest absolute Gasteiger partial charge is 0.0328 e. The van der Waals surface area contributed by atoms with Crippen molar-refractivity contribution in [3.63, 3.8) is 0 Å². The van der Waals surface area contributed by atoms with E-state index < -0.39 is 0 Å². The second kappa shape index (κ2) is 4.45. The lowest BCUT2D eigenvalue weighted by atomic mass is 10.0. The van der Waals surface area contributed by atoms with Gasteiger partial charge in [-0.3, -0.25) is 0 Å². The van der Waals surface area contributed by atoms with Crippen molar-refractivity contribution in [2.24, 2.45) is 5.92 Å². The zero-order chi connectivity index (χ0) is 11.8. The van der Waals surface area contributed by atoms with Gasteiger partial charge in [-0.15, -0.1) is 0 Å². The fourth-order valence-corrected chi connectivity index (χ4v) is 3.54. The van der Waals surface area contributed by atoms with E-state index in [0.29, 0.717) is 6.04 Å². The number of benzene rings is 1. The van der Waals surface area contributed by atoms with Crippen LogP contribution in [0, 0.1) is 12.8 Å². The molecule has 0 bridgehead atoms. The maximum Gasteiger partial charge on any atom is 0.0328 e. The van der Waals surface area contributed by atoms with Crippen LogP contribution in [0.3, 0.4) is 0 Å². The molecule has 0 saturated heterocycles. The Morgan fingerprint density at radius 2 is 2.06 bits per heavy atom. The number of hydrogen-bond acceptors (Lipinski definition) is 1. The van der Waals surface area contributed by atoms with Gasteiger partial charge in [0.2, 0.25) is 0 Å². The molecule has 3 unspecified atom stereocenters. The van der Waals surface area contributed by atoms with E-state index in [1.54, 1.807) is 11.1 Å². The summed E-state index contributed by atoms with van der Waals surface area (Å²) in [7, 11) is 0. The predicted molar refractivity (Wildman–Crippen MR) is 72.2 cm³/mol. The molecular formula is C16H23N. The maximum absolute atomic E-state index is 3.89. The highest BCUT2D eigenvalue weighted by Crippen LogP contribution is 2.34. The first-order valence-corrected chi connectivity index (χ1v) is 7.08. The van der Waals surface area contributed by atoms with Crippen LogP contribution in [0.2, 0.25) is 0 Å². The quantitative estimate of drug-likeness (QED) is 0.814. The first-order valence-electron chi connectivity index (χ1n) is 7.08. The van der Waals surface area contributed by atoms with E-state index >= 15 is 0 Å². The van der Waals surface area contributed by atoms with E-state index in [1.807, 2.05) is 0 Å². The normalized spacial score (nSPS) is 31.8. The molecule has 1 aromatic carbocycles. The molecule has 1 nitrogen and oxygen atoms in total. The molecule has 1 fully saturated rings. The highest BCUT2D eigenvalue weighted by molar-refractivity contribution is 5.37. The van der Waals surface area contributed by atoms with Gasteiger partial charge >= 0.3 is 0 Å². The van der Waals surface area contributed by atoms with E-state index in [-0.39, 0.29) is 0 Å². The lowest BCUT2D eigenvalue weighted by Crippen LogP contribution is -2.29. The van der Waals surface area contributed by atoms with E-state index in [1.165, 1.54) is 37.7 Å². The number of rotatable bonds is 2. The van der Waals surface area contributed by atoms with Gasteiger partial charge in [0.1, 0.15) is 0 Å². The van der Waals surface area contributed by atoms with Crippen LogP contribution in [0.15, 0.2) is 18.2 Å². The van der Waals surface area contributed by atoms with E-state index in [4.69, 9.17) is 0 Å². The van der Waals surface area contributed by atoms with E-state index in [2.05, 4.69) is 37.4 Å². The van der Waals surface area contributed by atoms with Crippen LogP contribution in [0.4, 0.5) is 0 Å². The van der Waals surface area contributed by atoms with Crippen LogP contribution in [-0.2, 0) is 6.42 Å². The Kier molecular flexibility index (Phi) is 2.96. The van der Waals surface area contributed by atoms with Crippen molar-refractivity contribution in [3.8, 4) is 0 Å². The summed E-state index contributed by atoms with van der Waals surface area (Å²) >= 11 is 0. The summed E-state index contributed by atoms with van der Waals surface area (Å²) < 4.78 is 0. The fourth-order valence-electron chi connectivity index (χ4n) is 3.54. The van der Waals surface area contributed by atoms with Crippen molar-refractivity contribution in [3.05, 3.63) is 34.9 Å². The Labute approximate surface area is 105 Å². The van der Waals surface area contributed by atoms with Gasteiger partial charge in [-0.2, -0.15) is 0 Å². The summed E-state index contributed by atoms with van der Waals surface area (Å²) in [6.45, 7) is 4.59. The van der Waals surface area contributed by atoms with Gasteiger partial charge in [0.05, 0.1) is 0 Å². The van der Waals surface area contributed by atoms with E-state index in [9.17, 15) is 0 Å². The summed E-state index contributed by atoms with van der Waals surface area (Å²) in [5, 5.41) is 3.89. The standard InChI is InChI=1S/C16H23N/c1-11-4-7-14(9-11)17-16-8-6-13-5-3-12(2)10-15(13)16/h3,5,10-11,14,16-17H,4,6-9H2,1-2H3. The van der Waals surface area contributed by atoms with Crippen molar-refractivity contribution < 1.29 is 0 Å². The minimum atomic E-state index is 0.625. The van der Waals surface area contributed by atoms with Gasteiger partial charge in [0, 0.05) is 12.1 Å². The first kappa shape index (κ1) is 11.3. The second-order valence-corrected chi connectivity index (χ2v) is 6.08. The number of nitrogens with one attached hydrogen (secondary N) is 1. The molecule has 1 aromatic rings. The van der Waals surface area contributed by atoms with Crippen molar-refractivity contribution >= 4 is 0 Å². The first-order chi connectivity index (χ1) is 8.22. The largest absolute Gasteiger partial charge is 0.307 e. The third kappa shape index (κ3) is 2.26. The van der Waals surface area contributed by atoms with Crippen LogP contribution < -0.4 is 5.32 Å². The van der Waals surface area contributed by atoms with Gasteiger partial charge in [-0.25, -0.2) is 0 Å². The molecule has 2 aliphatic rings. The Hall–Kier alpha value is -0.820. The van der Waals surface area contributed by atoms with Gasteiger partial charge in [0.15, 0.2) is 0 Å².